The van der Waals surface area contributed by atoms with E-state index in [-0.39, 0.29) is 0 Å². The third kappa shape index (κ3) is 2.07. The standard InChI is InChI=1S/C17H23N5/c1-4-22-11(2)13(8-19-22)10-21-14-5-6-17(21)15-9-18-12(3)20-16(15)7-14/h8-9,14,17H,4-7,10H2,1-3H3/t14-,17+/m0/s1. The summed E-state index contributed by atoms with van der Waals surface area (Å²) in [6, 6.07) is 1.11. The van der Waals surface area contributed by atoms with Crippen LogP contribution in [0.3, 0.4) is 0 Å². The largest absolute Gasteiger partial charge is 0.288 e. The summed E-state index contributed by atoms with van der Waals surface area (Å²) in [5, 5.41) is 4.49. The molecule has 1 saturated heterocycles. The van der Waals surface area contributed by atoms with Gasteiger partial charge in [-0.2, -0.15) is 5.10 Å². The van der Waals surface area contributed by atoms with Crippen LogP contribution in [0.15, 0.2) is 12.4 Å². The summed E-state index contributed by atoms with van der Waals surface area (Å²) in [7, 11) is 0. The first-order chi connectivity index (χ1) is 10.7. The van der Waals surface area contributed by atoms with Crippen LogP contribution in [0.2, 0.25) is 0 Å². The molecule has 22 heavy (non-hydrogen) atoms. The second-order valence-corrected chi connectivity index (χ2v) is 6.51. The van der Waals surface area contributed by atoms with Gasteiger partial charge >= 0.3 is 0 Å². The molecule has 2 aliphatic heterocycles. The lowest BCUT2D eigenvalue weighted by Gasteiger charge is -2.35. The second kappa shape index (κ2) is 5.16. The summed E-state index contributed by atoms with van der Waals surface area (Å²) in [4.78, 5) is 11.8. The van der Waals surface area contributed by atoms with Gasteiger partial charge in [0, 0.05) is 54.6 Å². The maximum Gasteiger partial charge on any atom is 0.125 e. The Kier molecular flexibility index (Phi) is 3.26. The van der Waals surface area contributed by atoms with Crippen LogP contribution in [0.4, 0.5) is 0 Å². The third-order valence-corrected chi connectivity index (χ3v) is 5.31. The molecule has 2 aromatic rings. The van der Waals surface area contributed by atoms with Gasteiger partial charge in [-0.1, -0.05) is 0 Å². The molecule has 0 aliphatic carbocycles. The number of rotatable bonds is 3. The SMILES string of the molecule is CCn1ncc(CN2[C@H]3CC[C@@H]2c2cnc(C)nc2C3)c1C. The van der Waals surface area contributed by atoms with Crippen molar-refractivity contribution < 1.29 is 0 Å². The molecule has 0 amide bonds. The molecule has 2 aliphatic rings. The first-order valence-corrected chi connectivity index (χ1v) is 8.26. The van der Waals surface area contributed by atoms with E-state index in [9.17, 15) is 0 Å². The van der Waals surface area contributed by atoms with Crippen molar-refractivity contribution in [1.29, 1.82) is 0 Å². The van der Waals surface area contributed by atoms with Gasteiger partial charge in [0.2, 0.25) is 0 Å². The van der Waals surface area contributed by atoms with Crippen LogP contribution >= 0.6 is 0 Å². The van der Waals surface area contributed by atoms with E-state index < -0.39 is 0 Å². The smallest absolute Gasteiger partial charge is 0.125 e. The molecule has 0 spiro atoms. The fraction of sp³-hybridized carbons (Fsp3) is 0.588. The molecular formula is C17H23N5. The molecule has 4 heterocycles. The Balaban J connectivity index is 1.64. The molecular weight excluding hydrogens is 274 g/mol. The summed E-state index contributed by atoms with van der Waals surface area (Å²) in [6.07, 6.45) is 7.65. The van der Waals surface area contributed by atoms with E-state index in [0.29, 0.717) is 12.1 Å². The van der Waals surface area contributed by atoms with Gasteiger partial charge in [0.25, 0.3) is 0 Å². The number of aryl methyl sites for hydroxylation is 2. The monoisotopic (exact) mass is 297 g/mol. The number of hydrogen-bond donors (Lipinski definition) is 0. The van der Waals surface area contributed by atoms with Gasteiger partial charge in [-0.3, -0.25) is 9.58 Å². The molecule has 116 valence electrons. The van der Waals surface area contributed by atoms with E-state index in [1.165, 1.54) is 35.4 Å². The van der Waals surface area contributed by atoms with Crippen LogP contribution in [0.5, 0.6) is 0 Å². The molecule has 2 atom stereocenters. The Morgan fingerprint density at radius 1 is 1.23 bits per heavy atom. The average molecular weight is 297 g/mol. The maximum absolute atomic E-state index is 4.68. The zero-order chi connectivity index (χ0) is 15.3. The quantitative estimate of drug-likeness (QED) is 0.873. The molecule has 5 nitrogen and oxygen atoms in total. The average Bonchev–Trinajstić information content (AvgIpc) is 2.99. The van der Waals surface area contributed by atoms with E-state index in [1.54, 1.807) is 0 Å². The normalized spacial score (nSPS) is 23.8. The lowest BCUT2D eigenvalue weighted by atomic mass is 9.98. The van der Waals surface area contributed by atoms with Crippen LogP contribution in [-0.2, 0) is 19.5 Å². The maximum atomic E-state index is 4.68. The molecule has 0 aromatic carbocycles. The van der Waals surface area contributed by atoms with Crippen molar-refractivity contribution in [3.8, 4) is 0 Å². The Bertz CT molecular complexity index is 705. The highest BCUT2D eigenvalue weighted by atomic mass is 15.3. The highest BCUT2D eigenvalue weighted by Crippen LogP contribution is 2.43. The first-order valence-electron chi connectivity index (χ1n) is 8.26. The predicted molar refractivity (Wildman–Crippen MR) is 84.4 cm³/mol. The molecule has 2 aromatic heterocycles. The minimum atomic E-state index is 0.485. The van der Waals surface area contributed by atoms with Crippen molar-refractivity contribution in [2.75, 3.05) is 0 Å². The Morgan fingerprint density at radius 3 is 2.86 bits per heavy atom. The van der Waals surface area contributed by atoms with E-state index in [0.717, 1.165) is 25.3 Å². The zero-order valence-corrected chi connectivity index (χ0v) is 13.6. The van der Waals surface area contributed by atoms with Gasteiger partial charge in [0.1, 0.15) is 5.82 Å². The molecule has 4 rings (SSSR count). The molecule has 5 heteroatoms. The lowest BCUT2D eigenvalue weighted by molar-refractivity contribution is 0.165. The highest BCUT2D eigenvalue weighted by Gasteiger charge is 2.40. The minimum absolute atomic E-state index is 0.485. The van der Waals surface area contributed by atoms with Crippen LogP contribution in [0, 0.1) is 13.8 Å². The number of aromatic nitrogens is 4. The van der Waals surface area contributed by atoms with E-state index in [1.807, 2.05) is 13.1 Å². The highest BCUT2D eigenvalue weighted by molar-refractivity contribution is 5.29. The number of fused-ring (bicyclic) bond motifs is 4. The Morgan fingerprint density at radius 2 is 2.09 bits per heavy atom. The first kappa shape index (κ1) is 13.9. The molecule has 0 saturated carbocycles. The van der Waals surface area contributed by atoms with Gasteiger partial charge in [0.15, 0.2) is 0 Å². The van der Waals surface area contributed by atoms with Gasteiger partial charge in [-0.25, -0.2) is 9.97 Å². The van der Waals surface area contributed by atoms with Crippen molar-refractivity contribution in [2.24, 2.45) is 0 Å². The minimum Gasteiger partial charge on any atom is -0.288 e. The molecule has 0 radical (unpaired) electrons. The summed E-state index contributed by atoms with van der Waals surface area (Å²) in [5.41, 5.74) is 5.28. The van der Waals surface area contributed by atoms with Gasteiger partial charge < -0.3 is 0 Å². The Hall–Kier alpha value is -1.75. The van der Waals surface area contributed by atoms with Crippen molar-refractivity contribution in [2.45, 2.75) is 65.2 Å². The van der Waals surface area contributed by atoms with Gasteiger partial charge in [0.05, 0.1) is 11.9 Å². The number of hydrogen-bond acceptors (Lipinski definition) is 4. The van der Waals surface area contributed by atoms with Gasteiger partial charge in [-0.15, -0.1) is 0 Å². The van der Waals surface area contributed by atoms with Crippen molar-refractivity contribution >= 4 is 0 Å². The lowest BCUT2D eigenvalue weighted by Crippen LogP contribution is -2.37. The van der Waals surface area contributed by atoms with E-state index in [2.05, 4.69) is 44.7 Å². The topological polar surface area (TPSA) is 46.8 Å². The van der Waals surface area contributed by atoms with Crippen LogP contribution in [-0.4, -0.2) is 30.7 Å². The Labute approximate surface area is 131 Å². The van der Waals surface area contributed by atoms with Gasteiger partial charge in [-0.05, 0) is 33.6 Å². The van der Waals surface area contributed by atoms with Crippen molar-refractivity contribution in [3.05, 3.63) is 40.7 Å². The molecule has 2 bridgehead atoms. The summed E-state index contributed by atoms with van der Waals surface area (Å²) >= 11 is 0. The predicted octanol–water partition coefficient (Wildman–Crippen LogP) is 2.57. The third-order valence-electron chi connectivity index (χ3n) is 5.31. The van der Waals surface area contributed by atoms with Crippen molar-refractivity contribution in [3.63, 3.8) is 0 Å². The molecule has 0 N–H and O–H groups in total. The van der Waals surface area contributed by atoms with Crippen LogP contribution in [0.1, 0.15) is 54.1 Å². The summed E-state index contributed by atoms with van der Waals surface area (Å²) < 4.78 is 2.08. The summed E-state index contributed by atoms with van der Waals surface area (Å²) in [6.45, 7) is 8.24. The molecule has 1 fully saturated rings. The summed E-state index contributed by atoms with van der Waals surface area (Å²) in [5.74, 6) is 0.895. The van der Waals surface area contributed by atoms with E-state index >= 15 is 0 Å². The number of nitrogens with zero attached hydrogens (tertiary/aromatic N) is 5. The zero-order valence-electron chi connectivity index (χ0n) is 13.6. The van der Waals surface area contributed by atoms with E-state index in [4.69, 9.17) is 0 Å². The van der Waals surface area contributed by atoms with Crippen molar-refractivity contribution in [1.82, 2.24) is 24.6 Å². The molecule has 0 unspecified atom stereocenters. The fourth-order valence-corrected chi connectivity index (χ4v) is 4.08. The van der Waals surface area contributed by atoms with Crippen LogP contribution in [0.25, 0.3) is 0 Å². The fourth-order valence-electron chi connectivity index (χ4n) is 4.08. The van der Waals surface area contributed by atoms with Crippen LogP contribution < -0.4 is 0 Å². The second-order valence-electron chi connectivity index (χ2n) is 6.51.